The Bertz CT molecular complexity index is 547. The van der Waals surface area contributed by atoms with Gasteiger partial charge >= 0.3 is 0 Å². The normalized spacial score (nSPS) is 12.6. The highest BCUT2D eigenvalue weighted by Crippen LogP contribution is 2.21. The zero-order valence-electron chi connectivity index (χ0n) is 12.0. The van der Waals surface area contributed by atoms with Gasteiger partial charge in [0.2, 0.25) is 0 Å². The topological polar surface area (TPSA) is 55.6 Å². The molecule has 0 radical (unpaired) electrons. The van der Waals surface area contributed by atoms with Gasteiger partial charge in [-0.05, 0) is 50.9 Å². The third kappa shape index (κ3) is 3.38. The first-order chi connectivity index (χ1) is 9.10. The molecule has 0 amide bonds. The standard InChI is InChI=1S/C14H21N5/c1-10-7-13(11(2)18-17-10)14(15-3)6-5-12-8-16-19(4)9-12/h7-9,14-15H,5-6H2,1-4H3. The molecule has 2 aromatic heterocycles. The smallest absolute Gasteiger partial charge is 0.0648 e. The van der Waals surface area contributed by atoms with Gasteiger partial charge in [-0.15, -0.1) is 0 Å². The van der Waals surface area contributed by atoms with E-state index in [1.165, 1.54) is 11.1 Å². The summed E-state index contributed by atoms with van der Waals surface area (Å²) in [5, 5.41) is 15.9. The summed E-state index contributed by atoms with van der Waals surface area (Å²) in [7, 11) is 3.93. The summed E-state index contributed by atoms with van der Waals surface area (Å²) in [6.45, 7) is 3.99. The second kappa shape index (κ2) is 5.93. The van der Waals surface area contributed by atoms with Crippen LogP contribution < -0.4 is 5.32 Å². The van der Waals surface area contributed by atoms with E-state index < -0.39 is 0 Å². The molecule has 0 spiro atoms. The summed E-state index contributed by atoms with van der Waals surface area (Å²) in [5.41, 5.74) is 4.45. The monoisotopic (exact) mass is 259 g/mol. The second-order valence-electron chi connectivity index (χ2n) is 4.93. The summed E-state index contributed by atoms with van der Waals surface area (Å²) >= 11 is 0. The maximum Gasteiger partial charge on any atom is 0.0648 e. The SMILES string of the molecule is CNC(CCc1cnn(C)c1)c1cc(C)nnc1C. The number of aryl methyl sites for hydroxylation is 4. The molecule has 0 aliphatic carbocycles. The van der Waals surface area contributed by atoms with Crippen molar-refractivity contribution in [1.29, 1.82) is 0 Å². The van der Waals surface area contributed by atoms with Gasteiger partial charge in [0.25, 0.3) is 0 Å². The number of hydrogen-bond acceptors (Lipinski definition) is 4. The van der Waals surface area contributed by atoms with E-state index in [0.29, 0.717) is 6.04 Å². The Labute approximate surface area is 114 Å². The van der Waals surface area contributed by atoms with Crippen molar-refractivity contribution in [2.75, 3.05) is 7.05 Å². The third-order valence-electron chi connectivity index (χ3n) is 3.34. The molecule has 0 fully saturated rings. The predicted molar refractivity (Wildman–Crippen MR) is 74.8 cm³/mol. The molecular formula is C14H21N5. The van der Waals surface area contributed by atoms with Gasteiger partial charge in [0.15, 0.2) is 0 Å². The van der Waals surface area contributed by atoms with E-state index in [1.54, 1.807) is 0 Å². The van der Waals surface area contributed by atoms with Crippen molar-refractivity contribution >= 4 is 0 Å². The first kappa shape index (κ1) is 13.7. The van der Waals surface area contributed by atoms with E-state index in [-0.39, 0.29) is 0 Å². The van der Waals surface area contributed by atoms with Crippen LogP contribution in [0.5, 0.6) is 0 Å². The Morgan fingerprint density at radius 3 is 2.74 bits per heavy atom. The van der Waals surface area contributed by atoms with Crippen molar-refractivity contribution in [2.45, 2.75) is 32.7 Å². The summed E-state index contributed by atoms with van der Waals surface area (Å²) in [6, 6.07) is 2.42. The minimum atomic E-state index is 0.300. The van der Waals surface area contributed by atoms with E-state index >= 15 is 0 Å². The Hall–Kier alpha value is -1.75. The number of rotatable bonds is 5. The molecule has 1 unspecified atom stereocenters. The van der Waals surface area contributed by atoms with Crippen LogP contribution in [0.2, 0.25) is 0 Å². The maximum absolute atomic E-state index is 4.20. The molecular weight excluding hydrogens is 238 g/mol. The number of aromatic nitrogens is 4. The first-order valence-corrected chi connectivity index (χ1v) is 6.55. The quantitative estimate of drug-likeness (QED) is 0.888. The molecule has 2 aromatic rings. The van der Waals surface area contributed by atoms with E-state index in [9.17, 15) is 0 Å². The van der Waals surface area contributed by atoms with Gasteiger partial charge in [0.1, 0.15) is 0 Å². The van der Waals surface area contributed by atoms with E-state index in [2.05, 4.69) is 32.9 Å². The van der Waals surface area contributed by atoms with Gasteiger partial charge in [-0.2, -0.15) is 15.3 Å². The fourth-order valence-corrected chi connectivity index (χ4v) is 2.29. The number of hydrogen-bond donors (Lipinski definition) is 1. The second-order valence-corrected chi connectivity index (χ2v) is 4.93. The molecule has 0 bridgehead atoms. The van der Waals surface area contributed by atoms with Crippen LogP contribution >= 0.6 is 0 Å². The molecule has 5 heteroatoms. The Balaban J connectivity index is 2.09. The predicted octanol–water partition coefficient (Wildman–Crippen LogP) is 1.72. The molecule has 0 aliphatic rings. The molecule has 0 saturated carbocycles. The molecule has 19 heavy (non-hydrogen) atoms. The zero-order valence-corrected chi connectivity index (χ0v) is 12.0. The Morgan fingerprint density at radius 1 is 1.32 bits per heavy atom. The molecule has 0 saturated heterocycles. The van der Waals surface area contributed by atoms with Crippen molar-refractivity contribution in [3.8, 4) is 0 Å². The van der Waals surface area contributed by atoms with Crippen molar-refractivity contribution in [2.24, 2.45) is 7.05 Å². The zero-order chi connectivity index (χ0) is 13.8. The highest BCUT2D eigenvalue weighted by atomic mass is 15.2. The van der Waals surface area contributed by atoms with Gasteiger partial charge in [-0.3, -0.25) is 4.68 Å². The summed E-state index contributed by atoms with van der Waals surface area (Å²) < 4.78 is 1.84. The lowest BCUT2D eigenvalue weighted by Crippen LogP contribution is -2.19. The van der Waals surface area contributed by atoms with E-state index in [0.717, 1.165) is 24.2 Å². The molecule has 102 valence electrons. The fourth-order valence-electron chi connectivity index (χ4n) is 2.29. The van der Waals surface area contributed by atoms with Crippen molar-refractivity contribution in [3.05, 3.63) is 41.0 Å². The molecule has 2 heterocycles. The lowest BCUT2D eigenvalue weighted by molar-refractivity contribution is 0.541. The highest BCUT2D eigenvalue weighted by Gasteiger charge is 2.14. The van der Waals surface area contributed by atoms with Gasteiger partial charge in [-0.25, -0.2) is 0 Å². The minimum absolute atomic E-state index is 0.300. The van der Waals surface area contributed by atoms with Crippen molar-refractivity contribution in [1.82, 2.24) is 25.3 Å². The fraction of sp³-hybridized carbons (Fsp3) is 0.500. The summed E-state index contributed by atoms with van der Waals surface area (Å²) in [6.07, 6.45) is 6.01. The molecule has 1 atom stereocenters. The Kier molecular flexibility index (Phi) is 4.27. The molecule has 1 N–H and O–H groups in total. The third-order valence-corrected chi connectivity index (χ3v) is 3.34. The van der Waals surface area contributed by atoms with Gasteiger partial charge in [0.05, 0.1) is 17.6 Å². The van der Waals surface area contributed by atoms with Crippen LogP contribution in [0.3, 0.4) is 0 Å². The largest absolute Gasteiger partial charge is 0.313 e. The minimum Gasteiger partial charge on any atom is -0.313 e. The number of nitrogens with one attached hydrogen (secondary N) is 1. The average molecular weight is 259 g/mol. The highest BCUT2D eigenvalue weighted by molar-refractivity contribution is 5.24. The first-order valence-electron chi connectivity index (χ1n) is 6.55. The molecule has 5 nitrogen and oxygen atoms in total. The lowest BCUT2D eigenvalue weighted by Gasteiger charge is -2.18. The summed E-state index contributed by atoms with van der Waals surface area (Å²) in [4.78, 5) is 0. The molecule has 0 aliphatic heterocycles. The molecule has 2 rings (SSSR count). The van der Waals surface area contributed by atoms with E-state index in [4.69, 9.17) is 0 Å². The van der Waals surface area contributed by atoms with Crippen LogP contribution in [0, 0.1) is 13.8 Å². The van der Waals surface area contributed by atoms with Crippen molar-refractivity contribution < 1.29 is 0 Å². The van der Waals surface area contributed by atoms with Crippen LogP contribution in [0.1, 0.15) is 35.0 Å². The van der Waals surface area contributed by atoms with Crippen LogP contribution in [0.15, 0.2) is 18.5 Å². The van der Waals surface area contributed by atoms with Crippen LogP contribution in [-0.2, 0) is 13.5 Å². The van der Waals surface area contributed by atoms with Gasteiger partial charge in [-0.1, -0.05) is 0 Å². The lowest BCUT2D eigenvalue weighted by atomic mass is 9.99. The van der Waals surface area contributed by atoms with Gasteiger partial charge in [0, 0.05) is 19.3 Å². The van der Waals surface area contributed by atoms with Crippen molar-refractivity contribution in [3.63, 3.8) is 0 Å². The van der Waals surface area contributed by atoms with Crippen LogP contribution in [0.4, 0.5) is 0 Å². The van der Waals surface area contributed by atoms with Gasteiger partial charge < -0.3 is 5.32 Å². The molecule has 0 aromatic carbocycles. The summed E-state index contributed by atoms with van der Waals surface area (Å²) in [5.74, 6) is 0. The van der Waals surface area contributed by atoms with Crippen LogP contribution in [-0.4, -0.2) is 27.0 Å². The maximum atomic E-state index is 4.20. The number of nitrogens with zero attached hydrogens (tertiary/aromatic N) is 4. The Morgan fingerprint density at radius 2 is 2.11 bits per heavy atom. The van der Waals surface area contributed by atoms with Crippen LogP contribution in [0.25, 0.3) is 0 Å². The average Bonchev–Trinajstić information content (AvgIpc) is 2.80. The van der Waals surface area contributed by atoms with E-state index in [1.807, 2.05) is 38.8 Å².